The van der Waals surface area contributed by atoms with Gasteiger partial charge in [0.2, 0.25) is 0 Å². The number of amides is 1. The van der Waals surface area contributed by atoms with Crippen molar-refractivity contribution in [2.24, 2.45) is 0 Å². The Labute approximate surface area is 82.3 Å². The number of hydrogen-bond donors (Lipinski definition) is 2. The summed E-state index contributed by atoms with van der Waals surface area (Å²) in [5, 5.41) is 9.67. The average Bonchev–Trinajstić information content (AvgIpc) is 2.09. The van der Waals surface area contributed by atoms with Gasteiger partial charge in [-0.15, -0.1) is 0 Å². The Kier molecular flexibility index (Phi) is 5.03. The van der Waals surface area contributed by atoms with Crippen LogP contribution in [0.25, 0.3) is 0 Å². The molecule has 8 heteroatoms. The molecular weight excluding hydrogens is 222 g/mol. The monoisotopic (exact) mass is 231 g/mol. The van der Waals surface area contributed by atoms with E-state index in [4.69, 9.17) is 5.11 Å². The maximum Gasteiger partial charge on any atom is 0.471 e. The molecular formula is C7H9F4NO3. The second-order valence-electron chi connectivity index (χ2n) is 2.69. The van der Waals surface area contributed by atoms with E-state index in [0.29, 0.717) is 0 Å². The van der Waals surface area contributed by atoms with Crippen LogP contribution >= 0.6 is 0 Å². The van der Waals surface area contributed by atoms with Crippen LogP contribution in [0.15, 0.2) is 0 Å². The van der Waals surface area contributed by atoms with Crippen LogP contribution in [-0.4, -0.2) is 35.9 Å². The van der Waals surface area contributed by atoms with Crippen molar-refractivity contribution in [3.63, 3.8) is 0 Å². The highest BCUT2D eigenvalue weighted by Gasteiger charge is 2.40. The van der Waals surface area contributed by atoms with E-state index in [2.05, 4.69) is 0 Å². The second kappa shape index (κ2) is 5.52. The van der Waals surface area contributed by atoms with E-state index in [1.807, 2.05) is 0 Å². The zero-order valence-corrected chi connectivity index (χ0v) is 7.47. The van der Waals surface area contributed by atoms with Crippen LogP contribution in [-0.2, 0) is 9.59 Å². The largest absolute Gasteiger partial charge is 0.480 e. The molecule has 2 N–H and O–H groups in total. The molecule has 0 fully saturated rings. The molecule has 0 rings (SSSR count). The van der Waals surface area contributed by atoms with Crippen molar-refractivity contribution in [1.29, 1.82) is 0 Å². The molecule has 1 unspecified atom stereocenters. The summed E-state index contributed by atoms with van der Waals surface area (Å²) in [4.78, 5) is 20.7. The molecule has 0 saturated heterocycles. The summed E-state index contributed by atoms with van der Waals surface area (Å²) in [5.41, 5.74) is 0. The highest BCUT2D eigenvalue weighted by Crippen LogP contribution is 2.15. The van der Waals surface area contributed by atoms with Gasteiger partial charge in [-0.1, -0.05) is 0 Å². The molecule has 0 spiro atoms. The fourth-order valence-electron chi connectivity index (χ4n) is 0.779. The van der Waals surface area contributed by atoms with Crippen molar-refractivity contribution < 1.29 is 32.3 Å². The van der Waals surface area contributed by atoms with Gasteiger partial charge < -0.3 is 10.4 Å². The van der Waals surface area contributed by atoms with Crippen LogP contribution in [0.4, 0.5) is 17.6 Å². The molecule has 0 radical (unpaired) electrons. The molecule has 0 aromatic rings. The molecule has 88 valence electrons. The molecule has 0 bridgehead atoms. The predicted octanol–water partition coefficient (Wildman–Crippen LogP) is 0.868. The Morgan fingerprint density at radius 2 is 1.87 bits per heavy atom. The Bertz CT molecular complexity index is 241. The molecule has 1 atom stereocenters. The maximum atomic E-state index is 11.7. The Morgan fingerprint density at radius 1 is 1.33 bits per heavy atom. The van der Waals surface area contributed by atoms with Gasteiger partial charge in [-0.2, -0.15) is 13.2 Å². The van der Waals surface area contributed by atoms with Gasteiger partial charge >= 0.3 is 18.1 Å². The normalized spacial score (nSPS) is 13.3. The predicted molar refractivity (Wildman–Crippen MR) is 40.8 cm³/mol. The van der Waals surface area contributed by atoms with E-state index in [9.17, 15) is 27.2 Å². The summed E-state index contributed by atoms with van der Waals surface area (Å²) in [6.07, 6.45) is -5.74. The quantitative estimate of drug-likeness (QED) is 0.690. The second-order valence-corrected chi connectivity index (χ2v) is 2.69. The van der Waals surface area contributed by atoms with Crippen molar-refractivity contribution in [3.05, 3.63) is 0 Å². The third-order valence-corrected chi connectivity index (χ3v) is 1.49. The van der Waals surface area contributed by atoms with Crippen LogP contribution in [0.3, 0.4) is 0 Å². The smallest absolute Gasteiger partial charge is 0.471 e. The Balaban J connectivity index is 4.29. The third kappa shape index (κ3) is 5.18. The van der Waals surface area contributed by atoms with Crippen molar-refractivity contribution >= 4 is 11.9 Å². The van der Waals surface area contributed by atoms with Gasteiger partial charge in [-0.25, -0.2) is 4.79 Å². The van der Waals surface area contributed by atoms with E-state index in [0.717, 1.165) is 0 Å². The number of carboxylic acid groups (broad SMARTS) is 1. The molecule has 0 aromatic heterocycles. The number of carbonyl (C=O) groups excluding carboxylic acids is 1. The molecule has 0 aromatic carbocycles. The van der Waals surface area contributed by atoms with E-state index in [1.54, 1.807) is 0 Å². The molecule has 4 nitrogen and oxygen atoms in total. The number of nitrogens with one attached hydrogen (secondary N) is 1. The van der Waals surface area contributed by atoms with E-state index in [1.165, 1.54) is 5.32 Å². The van der Waals surface area contributed by atoms with Crippen LogP contribution in [0.1, 0.15) is 12.8 Å². The summed E-state index contributed by atoms with van der Waals surface area (Å²) < 4.78 is 46.8. The summed E-state index contributed by atoms with van der Waals surface area (Å²) in [6, 6.07) is -1.71. The van der Waals surface area contributed by atoms with Crippen LogP contribution in [0.5, 0.6) is 0 Å². The van der Waals surface area contributed by atoms with Crippen molar-refractivity contribution in [1.82, 2.24) is 5.32 Å². The van der Waals surface area contributed by atoms with Crippen LogP contribution < -0.4 is 5.32 Å². The number of carboxylic acids is 1. The summed E-state index contributed by atoms with van der Waals surface area (Å²) in [7, 11) is 0. The van der Waals surface area contributed by atoms with E-state index in [-0.39, 0.29) is 12.8 Å². The van der Waals surface area contributed by atoms with Gasteiger partial charge in [0.25, 0.3) is 0 Å². The summed E-state index contributed by atoms with van der Waals surface area (Å²) in [5.74, 6) is -3.96. The molecule has 0 heterocycles. The van der Waals surface area contributed by atoms with Gasteiger partial charge in [0.1, 0.15) is 6.04 Å². The lowest BCUT2D eigenvalue weighted by Crippen LogP contribution is -2.46. The highest BCUT2D eigenvalue weighted by molar-refractivity contribution is 5.86. The van der Waals surface area contributed by atoms with Gasteiger partial charge in [-0.05, 0) is 12.8 Å². The van der Waals surface area contributed by atoms with Gasteiger partial charge in [0.05, 0.1) is 6.67 Å². The number of hydrogen-bond acceptors (Lipinski definition) is 2. The minimum Gasteiger partial charge on any atom is -0.480 e. The topological polar surface area (TPSA) is 66.4 Å². The lowest BCUT2D eigenvalue weighted by molar-refractivity contribution is -0.175. The Morgan fingerprint density at radius 3 is 2.20 bits per heavy atom. The van der Waals surface area contributed by atoms with Crippen molar-refractivity contribution in [2.45, 2.75) is 25.1 Å². The lowest BCUT2D eigenvalue weighted by Gasteiger charge is -2.14. The van der Waals surface area contributed by atoms with Crippen molar-refractivity contribution in [2.75, 3.05) is 6.67 Å². The first kappa shape index (κ1) is 13.7. The molecule has 0 aliphatic rings. The fourth-order valence-corrected chi connectivity index (χ4v) is 0.779. The van der Waals surface area contributed by atoms with Gasteiger partial charge in [0.15, 0.2) is 0 Å². The molecule has 15 heavy (non-hydrogen) atoms. The fraction of sp³-hybridized carbons (Fsp3) is 0.714. The summed E-state index contributed by atoms with van der Waals surface area (Å²) in [6.45, 7) is -0.855. The summed E-state index contributed by atoms with van der Waals surface area (Å²) >= 11 is 0. The van der Waals surface area contributed by atoms with Gasteiger partial charge in [0, 0.05) is 0 Å². The highest BCUT2D eigenvalue weighted by atomic mass is 19.4. The Hall–Kier alpha value is -1.34. The first-order valence-electron chi connectivity index (χ1n) is 3.95. The van der Waals surface area contributed by atoms with Crippen molar-refractivity contribution in [3.8, 4) is 0 Å². The number of alkyl halides is 4. The minimum atomic E-state index is -5.14. The molecule has 0 saturated carbocycles. The van der Waals surface area contributed by atoms with E-state index < -0.39 is 30.8 Å². The van der Waals surface area contributed by atoms with Crippen LogP contribution in [0.2, 0.25) is 0 Å². The maximum absolute atomic E-state index is 11.7. The first-order valence-corrected chi connectivity index (χ1v) is 3.95. The van der Waals surface area contributed by atoms with E-state index >= 15 is 0 Å². The molecule has 0 aliphatic carbocycles. The zero-order chi connectivity index (χ0) is 12.1. The number of aliphatic carboxylic acids is 1. The molecule has 0 aliphatic heterocycles. The number of halogens is 4. The first-order chi connectivity index (χ1) is 6.79. The standard InChI is InChI=1S/C7H9F4NO3/c8-3-1-2-4(5(13)14)12-6(15)7(9,10)11/h4H,1-3H2,(H,12,15)(H,13,14). The zero-order valence-electron chi connectivity index (χ0n) is 7.47. The molecule has 1 amide bonds. The SMILES string of the molecule is O=C(O)C(CCCF)NC(=O)C(F)(F)F. The lowest BCUT2D eigenvalue weighted by atomic mass is 10.1. The van der Waals surface area contributed by atoms with Gasteiger partial charge in [-0.3, -0.25) is 9.18 Å². The minimum absolute atomic E-state index is 0.227. The third-order valence-electron chi connectivity index (χ3n) is 1.49. The van der Waals surface area contributed by atoms with Crippen LogP contribution in [0, 0.1) is 0 Å². The average molecular weight is 231 g/mol. The number of carbonyl (C=O) groups is 2. The number of rotatable bonds is 5.